The lowest BCUT2D eigenvalue weighted by atomic mass is 9.92. The van der Waals surface area contributed by atoms with E-state index in [9.17, 15) is 4.89 Å². The molecule has 0 radical (unpaired) electrons. The van der Waals surface area contributed by atoms with Gasteiger partial charge in [-0.05, 0) is 134 Å². The van der Waals surface area contributed by atoms with E-state index in [0.717, 1.165) is 155 Å². The zero-order valence-corrected chi connectivity index (χ0v) is 70.7. The van der Waals surface area contributed by atoms with E-state index < -0.39 is 7.49 Å². The maximum absolute atomic E-state index is 12.5. The smallest absolute Gasteiger partial charge is 0.238 e. The van der Waals surface area contributed by atoms with Crippen LogP contribution < -0.4 is 15.9 Å². The van der Waals surface area contributed by atoms with Gasteiger partial charge < -0.3 is 0 Å². The Labute approximate surface area is 740 Å². The van der Waals surface area contributed by atoms with Crippen molar-refractivity contribution in [3.63, 3.8) is 0 Å². The molecule has 127 heavy (non-hydrogen) atoms. The number of hydrogen-bond donors (Lipinski definition) is 1. The molecule has 23 rings (SSSR count). The van der Waals surface area contributed by atoms with E-state index in [0.29, 0.717) is 11.6 Å². The Hall–Kier alpha value is -15.9. The number of rotatable bonds is 16. The monoisotopic (exact) mass is 1660 g/mol. The van der Waals surface area contributed by atoms with Crippen molar-refractivity contribution in [1.82, 2.24) is 29.9 Å². The van der Waals surface area contributed by atoms with E-state index in [1.165, 1.54) is 58.8 Å². The standard InChI is InChI=1S/C59H41N3OP.C59H37N3S/c63-64(48-20-9-3-10-21-48,49-22-11-4-12-23-49)50-38-36-45(37-39-50)56-40-55(61-59(62-56)47-18-7-2-8-19-47)44-34-30-42(31-35-44)41-28-32-43(33-29-41)51-25-15-26-53-57(51)52-24-13-14-27-54(52)60-58(53)46-16-5-1-6-17-46;1-3-13-44(14-4-1)57-51-22-11-19-46(56(51)50-18-7-9-23-52(50)60-57)40-29-25-38(26-30-40)39-27-33-42(34-28-39)53-37-54(62-59(61-53)45-15-5-2-6-16-45)43-35-31-41(32-36-43)47-20-12-21-49-48-17-8-10-24-55(48)63-58(47)49/h1-40,63H;1-37H/q+1;. The summed E-state index contributed by atoms with van der Waals surface area (Å²) in [4.78, 5) is 43.3. The molecule has 0 atom stereocenters. The second-order valence-corrected chi connectivity index (χ2v) is 35.7. The molecule has 23 aromatic rings. The number of fused-ring (bicyclic) bond motifs is 9. The van der Waals surface area contributed by atoms with Crippen LogP contribution in [0, 0.1) is 0 Å². The normalized spacial score (nSPS) is 11.5. The molecule has 0 saturated heterocycles. The largest absolute Gasteiger partial charge is 0.247 e. The first-order valence-corrected chi connectivity index (χ1v) is 45.3. The van der Waals surface area contributed by atoms with Crippen LogP contribution in [0.5, 0.6) is 0 Å². The van der Waals surface area contributed by atoms with Gasteiger partial charge in [0.2, 0.25) is 7.49 Å². The molecule has 0 fully saturated rings. The van der Waals surface area contributed by atoms with Gasteiger partial charge in [0.25, 0.3) is 0 Å². The highest BCUT2D eigenvalue weighted by Gasteiger charge is 2.44. The molecule has 5 heterocycles. The third kappa shape index (κ3) is 15.0. The molecule has 0 unspecified atom stereocenters. The van der Waals surface area contributed by atoms with Crippen molar-refractivity contribution in [2.24, 2.45) is 0 Å². The second kappa shape index (κ2) is 33.7. The van der Waals surface area contributed by atoms with Crippen LogP contribution in [0.25, 0.3) is 209 Å². The SMILES string of the molecule is O[P+](c1ccccc1)(c1ccccc1)c1ccc(-c2cc(-c3ccc(-c4ccc(-c5cccc6c(-c7ccccc7)nc7ccccc7c56)cc4)cc3)nc(-c3ccccc3)n2)cc1.c1ccc(-c2nc(-c3ccc(-c4ccc(-c5cccc6c(-c7ccccc7)nc7ccccc7c56)cc4)cc3)cc(-c3ccc(-c4cccc5c4sc4ccccc45)cc3)n2)cc1. The van der Waals surface area contributed by atoms with E-state index in [4.69, 9.17) is 29.9 Å². The predicted octanol–water partition coefficient (Wildman–Crippen LogP) is 29.6. The van der Waals surface area contributed by atoms with Gasteiger partial charge in [-0.1, -0.05) is 388 Å². The molecule has 18 aromatic carbocycles. The van der Waals surface area contributed by atoms with Crippen LogP contribution in [0.3, 0.4) is 0 Å². The Morgan fingerprint density at radius 3 is 0.850 bits per heavy atom. The number of hydrogen-bond acceptors (Lipinski definition) is 8. The van der Waals surface area contributed by atoms with Gasteiger partial charge in [0, 0.05) is 97.0 Å². The van der Waals surface area contributed by atoms with E-state index in [2.05, 4.69) is 352 Å². The Kier molecular flexibility index (Phi) is 20.5. The molecule has 9 heteroatoms. The summed E-state index contributed by atoms with van der Waals surface area (Å²) in [5.74, 6) is 1.36. The average Bonchev–Trinajstić information content (AvgIpc) is 0.900. The zero-order valence-electron chi connectivity index (χ0n) is 68.9. The molecule has 0 amide bonds. The Balaban J connectivity index is 0.000000150. The van der Waals surface area contributed by atoms with Crippen molar-refractivity contribution in [3.8, 4) is 146 Å². The van der Waals surface area contributed by atoms with Gasteiger partial charge >= 0.3 is 0 Å². The molecule has 0 saturated carbocycles. The molecule has 0 aliphatic rings. The minimum Gasteiger partial charge on any atom is -0.247 e. The van der Waals surface area contributed by atoms with E-state index in [-0.39, 0.29) is 0 Å². The third-order valence-corrected chi connectivity index (χ3v) is 28.5. The van der Waals surface area contributed by atoms with Crippen LogP contribution in [-0.2, 0) is 0 Å². The van der Waals surface area contributed by atoms with E-state index >= 15 is 0 Å². The summed E-state index contributed by atoms with van der Waals surface area (Å²) in [5, 5.41) is 12.4. The van der Waals surface area contributed by atoms with Crippen molar-refractivity contribution in [3.05, 3.63) is 467 Å². The Morgan fingerprint density at radius 1 is 0.189 bits per heavy atom. The summed E-state index contributed by atoms with van der Waals surface area (Å²) in [6, 6.07) is 163. The minimum absolute atomic E-state index is 0.655. The average molecular weight is 1660 g/mol. The summed E-state index contributed by atoms with van der Waals surface area (Å²) >= 11 is 1.86. The highest BCUT2D eigenvalue weighted by atomic mass is 32.1. The summed E-state index contributed by atoms with van der Waals surface area (Å²) in [6.45, 7) is 0. The molecule has 596 valence electrons. The number of pyridine rings is 2. The zero-order chi connectivity index (χ0) is 84.6. The third-order valence-electron chi connectivity index (χ3n) is 24.2. The molecular formula is C118H78N6OPS+. The van der Waals surface area contributed by atoms with Gasteiger partial charge in [0.05, 0.1) is 45.2 Å². The molecule has 0 spiro atoms. The number of thiophene rings is 1. The molecule has 7 nitrogen and oxygen atoms in total. The lowest BCUT2D eigenvalue weighted by Gasteiger charge is -2.20. The molecular weight excluding hydrogens is 1580 g/mol. The fraction of sp³-hybridized carbons (Fsp3) is 0. The van der Waals surface area contributed by atoms with Gasteiger partial charge in [-0.25, -0.2) is 34.8 Å². The topological polar surface area (TPSA) is 97.6 Å². The fourth-order valence-corrected chi connectivity index (χ4v) is 21.7. The van der Waals surface area contributed by atoms with Crippen molar-refractivity contribution < 1.29 is 4.89 Å². The summed E-state index contributed by atoms with van der Waals surface area (Å²) in [7, 11) is -2.87. The first-order chi connectivity index (χ1) is 62.8. The first kappa shape index (κ1) is 77.1. The molecule has 0 aliphatic carbocycles. The molecule has 5 aromatic heterocycles. The molecule has 0 aliphatic heterocycles. The summed E-state index contributed by atoms with van der Waals surface area (Å²) in [6.07, 6.45) is 0. The van der Waals surface area contributed by atoms with Crippen LogP contribution in [0.15, 0.2) is 467 Å². The summed E-state index contributed by atoms with van der Waals surface area (Å²) < 4.78 is 2.63. The van der Waals surface area contributed by atoms with Crippen LogP contribution in [0.2, 0.25) is 0 Å². The second-order valence-electron chi connectivity index (χ2n) is 31.8. The number of benzene rings is 18. The van der Waals surface area contributed by atoms with Crippen molar-refractivity contribution in [2.75, 3.05) is 0 Å². The first-order valence-electron chi connectivity index (χ1n) is 42.7. The molecule has 1 N–H and O–H groups in total. The minimum atomic E-state index is -2.87. The Morgan fingerprint density at radius 2 is 0.465 bits per heavy atom. The van der Waals surface area contributed by atoms with Gasteiger partial charge in [0.15, 0.2) is 11.6 Å². The van der Waals surface area contributed by atoms with Gasteiger partial charge in [0.1, 0.15) is 15.9 Å². The van der Waals surface area contributed by atoms with Crippen molar-refractivity contribution in [1.29, 1.82) is 0 Å². The Bertz CT molecular complexity index is 7950. The highest BCUT2D eigenvalue weighted by Crippen LogP contribution is 2.52. The molecule has 0 bridgehead atoms. The predicted molar refractivity (Wildman–Crippen MR) is 534 cm³/mol. The van der Waals surface area contributed by atoms with Gasteiger partial charge in [-0.15, -0.1) is 11.3 Å². The maximum atomic E-state index is 12.5. The van der Waals surface area contributed by atoms with Gasteiger partial charge in [-0.3, -0.25) is 0 Å². The lowest BCUT2D eigenvalue weighted by Crippen LogP contribution is -2.30. The highest BCUT2D eigenvalue weighted by molar-refractivity contribution is 7.91. The van der Waals surface area contributed by atoms with E-state index in [1.807, 2.05) is 127 Å². The summed E-state index contributed by atoms with van der Waals surface area (Å²) in [5.41, 5.74) is 27.3. The van der Waals surface area contributed by atoms with Crippen LogP contribution in [0.4, 0.5) is 0 Å². The maximum Gasteiger partial charge on any atom is 0.238 e. The number of para-hydroxylation sites is 2. The van der Waals surface area contributed by atoms with Gasteiger partial charge in [-0.2, -0.15) is 0 Å². The van der Waals surface area contributed by atoms with Crippen LogP contribution >= 0.6 is 18.8 Å². The van der Waals surface area contributed by atoms with Crippen molar-refractivity contribution >= 4 is 98.3 Å². The lowest BCUT2D eigenvalue weighted by molar-refractivity contribution is 0.633. The fourth-order valence-electron chi connectivity index (χ4n) is 17.8. The van der Waals surface area contributed by atoms with Crippen LogP contribution in [-0.4, -0.2) is 34.8 Å². The van der Waals surface area contributed by atoms with E-state index in [1.54, 1.807) is 0 Å². The quantitative estimate of drug-likeness (QED) is 0.0760. The number of aromatic nitrogens is 6. The number of nitrogens with zero attached hydrogens (tertiary/aromatic N) is 6. The van der Waals surface area contributed by atoms with Crippen molar-refractivity contribution in [2.45, 2.75) is 0 Å². The van der Waals surface area contributed by atoms with Crippen LogP contribution in [0.1, 0.15) is 0 Å².